The summed E-state index contributed by atoms with van der Waals surface area (Å²) < 4.78 is 4.83. The number of carbonyl (C=O) groups excluding carboxylic acids is 1. The molecular weight excluding hydrogens is 312 g/mol. The molecule has 0 aliphatic heterocycles. The Morgan fingerprint density at radius 2 is 2.09 bits per heavy atom. The monoisotopic (exact) mass is 336 g/mol. The highest BCUT2D eigenvalue weighted by Gasteiger charge is 2.19. The van der Waals surface area contributed by atoms with Crippen molar-refractivity contribution < 1.29 is 9.53 Å². The molecule has 0 fully saturated rings. The van der Waals surface area contributed by atoms with Gasteiger partial charge in [0.15, 0.2) is 0 Å². The van der Waals surface area contributed by atoms with Crippen LogP contribution < -0.4 is 5.32 Å². The maximum Gasteiger partial charge on any atom is 0.348 e. The zero-order chi connectivity index (χ0) is 16.8. The van der Waals surface area contributed by atoms with Crippen molar-refractivity contribution >= 4 is 33.3 Å². The second-order valence-corrected chi connectivity index (χ2v) is 6.26. The molecule has 1 N–H and O–H groups in total. The lowest BCUT2D eigenvalue weighted by atomic mass is 10.2. The average molecular weight is 336 g/mol. The molecule has 126 valence electrons. The SMILES string of the molecule is CCN(CC)CCCNc1ncnc2sc(C(=O)OC)c(C)c12. The van der Waals surface area contributed by atoms with Crippen LogP contribution in [-0.2, 0) is 4.74 Å². The van der Waals surface area contributed by atoms with Crippen LogP contribution in [-0.4, -0.2) is 54.1 Å². The number of nitrogens with zero attached hydrogens (tertiary/aromatic N) is 3. The lowest BCUT2D eigenvalue weighted by molar-refractivity contribution is 0.0605. The quantitative estimate of drug-likeness (QED) is 0.590. The summed E-state index contributed by atoms with van der Waals surface area (Å²) in [5, 5.41) is 4.30. The highest BCUT2D eigenvalue weighted by molar-refractivity contribution is 7.20. The first-order valence-electron chi connectivity index (χ1n) is 7.90. The zero-order valence-corrected chi connectivity index (χ0v) is 15.0. The van der Waals surface area contributed by atoms with Gasteiger partial charge in [-0.2, -0.15) is 0 Å². The number of esters is 1. The van der Waals surface area contributed by atoms with E-state index in [2.05, 4.69) is 34.0 Å². The Balaban J connectivity index is 2.12. The number of carbonyl (C=O) groups is 1. The summed E-state index contributed by atoms with van der Waals surface area (Å²) in [7, 11) is 1.39. The van der Waals surface area contributed by atoms with Gasteiger partial charge in [-0.25, -0.2) is 14.8 Å². The summed E-state index contributed by atoms with van der Waals surface area (Å²) in [6.07, 6.45) is 2.58. The van der Waals surface area contributed by atoms with Crippen molar-refractivity contribution in [3.8, 4) is 0 Å². The largest absolute Gasteiger partial charge is 0.465 e. The number of nitrogens with one attached hydrogen (secondary N) is 1. The second kappa shape index (κ2) is 8.21. The third-order valence-electron chi connectivity index (χ3n) is 3.94. The predicted molar refractivity (Wildman–Crippen MR) is 94.4 cm³/mol. The zero-order valence-electron chi connectivity index (χ0n) is 14.2. The lowest BCUT2D eigenvalue weighted by Gasteiger charge is -2.17. The van der Waals surface area contributed by atoms with Crippen LogP contribution >= 0.6 is 11.3 Å². The van der Waals surface area contributed by atoms with Crippen LogP contribution in [0.15, 0.2) is 6.33 Å². The fourth-order valence-electron chi connectivity index (χ4n) is 2.54. The number of anilines is 1. The van der Waals surface area contributed by atoms with Gasteiger partial charge in [-0.3, -0.25) is 0 Å². The number of thiophene rings is 1. The van der Waals surface area contributed by atoms with E-state index in [9.17, 15) is 4.79 Å². The van der Waals surface area contributed by atoms with E-state index in [1.165, 1.54) is 24.8 Å². The van der Waals surface area contributed by atoms with Crippen LogP contribution in [0.2, 0.25) is 0 Å². The molecule has 0 spiro atoms. The van der Waals surface area contributed by atoms with Crippen molar-refractivity contribution in [2.24, 2.45) is 0 Å². The number of fused-ring (bicyclic) bond motifs is 1. The number of ether oxygens (including phenoxy) is 1. The van der Waals surface area contributed by atoms with E-state index in [-0.39, 0.29) is 5.97 Å². The summed E-state index contributed by atoms with van der Waals surface area (Å²) in [5.41, 5.74) is 0.878. The van der Waals surface area contributed by atoms with Crippen LogP contribution in [0.1, 0.15) is 35.5 Å². The van der Waals surface area contributed by atoms with E-state index in [1.54, 1.807) is 0 Å². The average Bonchev–Trinajstić information content (AvgIpc) is 2.92. The van der Waals surface area contributed by atoms with E-state index in [1.807, 2.05) is 6.92 Å². The Morgan fingerprint density at radius 3 is 2.74 bits per heavy atom. The van der Waals surface area contributed by atoms with Gasteiger partial charge in [0.1, 0.15) is 21.9 Å². The standard InChI is InChI=1S/C16H24N4O2S/c1-5-20(6-2)9-7-8-17-14-12-11(3)13(16(21)22-4)23-15(12)19-10-18-14/h10H,5-9H2,1-4H3,(H,17,18,19). The molecular formula is C16H24N4O2S. The number of methoxy groups -OCH3 is 1. The Morgan fingerprint density at radius 1 is 1.35 bits per heavy atom. The summed E-state index contributed by atoms with van der Waals surface area (Å²) in [5.74, 6) is 0.469. The lowest BCUT2D eigenvalue weighted by Crippen LogP contribution is -2.25. The molecule has 0 unspecified atom stereocenters. The summed E-state index contributed by atoms with van der Waals surface area (Å²) in [6.45, 7) is 10.3. The molecule has 0 saturated carbocycles. The molecule has 0 bridgehead atoms. The van der Waals surface area contributed by atoms with Gasteiger partial charge in [0.05, 0.1) is 12.5 Å². The predicted octanol–water partition coefficient (Wildman–Crippen LogP) is 2.93. The van der Waals surface area contributed by atoms with Crippen LogP contribution in [0.3, 0.4) is 0 Å². The first-order chi connectivity index (χ1) is 11.1. The number of aryl methyl sites for hydroxylation is 1. The Labute approximate surface area is 140 Å². The number of hydrogen-bond donors (Lipinski definition) is 1. The van der Waals surface area contributed by atoms with E-state index < -0.39 is 0 Å². The molecule has 2 heterocycles. The topological polar surface area (TPSA) is 67.3 Å². The first kappa shape index (κ1) is 17.6. The molecule has 0 aromatic carbocycles. The third kappa shape index (κ3) is 3.97. The fourth-order valence-corrected chi connectivity index (χ4v) is 3.61. The molecule has 0 aliphatic carbocycles. The van der Waals surface area contributed by atoms with Gasteiger partial charge in [0.2, 0.25) is 0 Å². The van der Waals surface area contributed by atoms with Gasteiger partial charge < -0.3 is 15.0 Å². The molecule has 0 saturated heterocycles. The number of hydrogen-bond acceptors (Lipinski definition) is 7. The van der Waals surface area contributed by atoms with E-state index in [0.29, 0.717) is 4.88 Å². The fraction of sp³-hybridized carbons (Fsp3) is 0.562. The van der Waals surface area contributed by atoms with Gasteiger partial charge in [-0.15, -0.1) is 11.3 Å². The van der Waals surface area contributed by atoms with Gasteiger partial charge >= 0.3 is 5.97 Å². The Hall–Kier alpha value is -1.73. The second-order valence-electron chi connectivity index (χ2n) is 5.26. The van der Waals surface area contributed by atoms with Crippen molar-refractivity contribution in [2.45, 2.75) is 27.2 Å². The minimum Gasteiger partial charge on any atom is -0.465 e. The summed E-state index contributed by atoms with van der Waals surface area (Å²) >= 11 is 1.35. The first-order valence-corrected chi connectivity index (χ1v) is 8.72. The summed E-state index contributed by atoms with van der Waals surface area (Å²) in [4.78, 5) is 24.2. The van der Waals surface area contributed by atoms with Crippen molar-refractivity contribution in [3.05, 3.63) is 16.8 Å². The molecule has 0 amide bonds. The minimum atomic E-state index is -0.321. The van der Waals surface area contributed by atoms with Crippen molar-refractivity contribution in [2.75, 3.05) is 38.6 Å². The maximum atomic E-state index is 11.8. The van der Waals surface area contributed by atoms with Crippen LogP contribution in [0.25, 0.3) is 10.2 Å². The molecule has 2 aromatic rings. The highest BCUT2D eigenvalue weighted by Crippen LogP contribution is 2.33. The minimum absolute atomic E-state index is 0.321. The van der Waals surface area contributed by atoms with Crippen molar-refractivity contribution in [3.63, 3.8) is 0 Å². The smallest absolute Gasteiger partial charge is 0.348 e. The van der Waals surface area contributed by atoms with Gasteiger partial charge in [-0.1, -0.05) is 13.8 Å². The molecule has 7 heteroatoms. The Bertz CT molecular complexity index is 667. The summed E-state index contributed by atoms with van der Waals surface area (Å²) in [6, 6.07) is 0. The molecule has 0 aliphatic rings. The molecule has 2 rings (SSSR count). The van der Waals surface area contributed by atoms with Gasteiger partial charge in [0.25, 0.3) is 0 Å². The maximum absolute atomic E-state index is 11.8. The van der Waals surface area contributed by atoms with Crippen LogP contribution in [0, 0.1) is 6.92 Å². The molecule has 2 aromatic heterocycles. The van der Waals surface area contributed by atoms with Crippen molar-refractivity contribution in [1.29, 1.82) is 0 Å². The van der Waals surface area contributed by atoms with Gasteiger partial charge in [-0.05, 0) is 38.5 Å². The van der Waals surface area contributed by atoms with E-state index >= 15 is 0 Å². The van der Waals surface area contributed by atoms with E-state index in [4.69, 9.17) is 4.74 Å². The number of rotatable bonds is 8. The molecule has 23 heavy (non-hydrogen) atoms. The normalized spacial score (nSPS) is 11.2. The van der Waals surface area contributed by atoms with Crippen LogP contribution in [0.5, 0.6) is 0 Å². The van der Waals surface area contributed by atoms with E-state index in [0.717, 1.165) is 54.2 Å². The van der Waals surface area contributed by atoms with Gasteiger partial charge in [0, 0.05) is 6.54 Å². The molecule has 6 nitrogen and oxygen atoms in total. The third-order valence-corrected chi connectivity index (χ3v) is 5.12. The van der Waals surface area contributed by atoms with Crippen LogP contribution in [0.4, 0.5) is 5.82 Å². The highest BCUT2D eigenvalue weighted by atomic mass is 32.1. The molecule has 0 atom stereocenters. The molecule has 0 radical (unpaired) electrons. The Kier molecular flexibility index (Phi) is 6.29. The number of aromatic nitrogens is 2. The van der Waals surface area contributed by atoms with Crippen molar-refractivity contribution in [1.82, 2.24) is 14.9 Å².